The van der Waals surface area contributed by atoms with Crippen molar-refractivity contribution in [1.29, 1.82) is 0 Å². The molecule has 1 saturated carbocycles. The van der Waals surface area contributed by atoms with Gasteiger partial charge in [-0.25, -0.2) is 14.0 Å². The van der Waals surface area contributed by atoms with Crippen LogP contribution >= 0.6 is 0 Å². The largest absolute Gasteiger partial charge is 0.464 e. The molecule has 6 rings (SSSR count). The van der Waals surface area contributed by atoms with Crippen molar-refractivity contribution in [3.63, 3.8) is 0 Å². The van der Waals surface area contributed by atoms with E-state index >= 15 is 0 Å². The fourth-order valence-corrected chi connectivity index (χ4v) is 7.40. The highest BCUT2D eigenvalue weighted by Crippen LogP contribution is 2.46. The summed E-state index contributed by atoms with van der Waals surface area (Å²) in [6, 6.07) is 11.2. The molecule has 3 heterocycles. The van der Waals surface area contributed by atoms with Crippen molar-refractivity contribution in [2.45, 2.75) is 115 Å². The summed E-state index contributed by atoms with van der Waals surface area (Å²) in [5.74, 6) is -1.84. The first-order chi connectivity index (χ1) is 23.9. The van der Waals surface area contributed by atoms with Crippen LogP contribution in [0.4, 0.5) is 14.9 Å². The van der Waals surface area contributed by atoms with Crippen LogP contribution in [0.5, 0.6) is 0 Å². The van der Waals surface area contributed by atoms with Gasteiger partial charge in [-0.3, -0.25) is 14.5 Å². The Labute approximate surface area is 293 Å². The van der Waals surface area contributed by atoms with E-state index in [1.54, 1.807) is 19.1 Å². The lowest BCUT2D eigenvalue weighted by atomic mass is 9.87. The summed E-state index contributed by atoms with van der Waals surface area (Å²) < 4.78 is 25.8. The maximum atomic E-state index is 14.6. The van der Waals surface area contributed by atoms with Gasteiger partial charge in [-0.2, -0.15) is 0 Å². The predicted molar refractivity (Wildman–Crippen MR) is 186 cm³/mol. The molecule has 3 amide bonds. The molecule has 50 heavy (non-hydrogen) atoms. The quantitative estimate of drug-likeness (QED) is 0.293. The lowest BCUT2D eigenvalue weighted by Gasteiger charge is -2.30. The SMILES string of the molecule is CCOC(=O)[C@@]12C[C@H]1C=CCCCCC[C@H](Nc1cccc(C(C)(C)C)c1)C(=O)N1C[C@H](OC(=O)N3Cc4cccc(F)c4C3)C[C@H]1C(=O)N2. The summed E-state index contributed by atoms with van der Waals surface area (Å²) in [7, 11) is 0. The molecule has 268 valence electrons. The van der Waals surface area contributed by atoms with Crippen molar-refractivity contribution in [2.75, 3.05) is 18.5 Å². The number of hydrogen-bond donors (Lipinski definition) is 2. The normalized spacial score (nSPS) is 26.9. The molecule has 0 spiro atoms. The van der Waals surface area contributed by atoms with E-state index in [9.17, 15) is 23.6 Å². The summed E-state index contributed by atoms with van der Waals surface area (Å²) in [4.78, 5) is 58.3. The number of amides is 3. The Hall–Kier alpha value is -4.41. The molecule has 10 nitrogen and oxygen atoms in total. The van der Waals surface area contributed by atoms with E-state index in [4.69, 9.17) is 9.47 Å². The number of fused-ring (bicyclic) bond motifs is 3. The summed E-state index contributed by atoms with van der Waals surface area (Å²) in [6.45, 7) is 8.60. The van der Waals surface area contributed by atoms with Gasteiger partial charge in [0, 0.05) is 30.1 Å². The number of carbonyl (C=O) groups excluding carboxylic acids is 4. The molecule has 0 bridgehead atoms. The number of nitrogens with zero attached hydrogens (tertiary/aromatic N) is 2. The van der Waals surface area contributed by atoms with Crippen molar-refractivity contribution >= 4 is 29.6 Å². The summed E-state index contributed by atoms with van der Waals surface area (Å²) in [5, 5.41) is 6.45. The van der Waals surface area contributed by atoms with Crippen LogP contribution in [0.25, 0.3) is 0 Å². The zero-order valence-corrected chi connectivity index (χ0v) is 29.5. The zero-order valence-electron chi connectivity index (χ0n) is 29.5. The van der Waals surface area contributed by atoms with Crippen LogP contribution in [-0.4, -0.2) is 70.6 Å². The number of allylic oxidation sites excluding steroid dienone is 1. The molecule has 1 aliphatic carbocycles. The maximum absolute atomic E-state index is 14.6. The van der Waals surface area contributed by atoms with Crippen molar-refractivity contribution in [1.82, 2.24) is 15.1 Å². The number of anilines is 1. The third-order valence-corrected chi connectivity index (χ3v) is 10.4. The number of hydrogen-bond acceptors (Lipinski definition) is 7. The Morgan fingerprint density at radius 2 is 1.88 bits per heavy atom. The van der Waals surface area contributed by atoms with E-state index in [1.165, 1.54) is 15.9 Å². The van der Waals surface area contributed by atoms with Gasteiger partial charge < -0.3 is 25.0 Å². The summed E-state index contributed by atoms with van der Waals surface area (Å²) in [5.41, 5.74) is 1.81. The van der Waals surface area contributed by atoms with Crippen molar-refractivity contribution in [2.24, 2.45) is 5.92 Å². The van der Waals surface area contributed by atoms with Gasteiger partial charge in [0.25, 0.3) is 0 Å². The lowest BCUT2D eigenvalue weighted by molar-refractivity contribution is -0.150. The minimum atomic E-state index is -1.20. The van der Waals surface area contributed by atoms with Crippen LogP contribution in [0, 0.1) is 11.7 Å². The van der Waals surface area contributed by atoms with Gasteiger partial charge in [0.15, 0.2) is 0 Å². The zero-order chi connectivity index (χ0) is 35.6. The van der Waals surface area contributed by atoms with Gasteiger partial charge >= 0.3 is 12.1 Å². The Morgan fingerprint density at radius 1 is 1.08 bits per heavy atom. The van der Waals surface area contributed by atoms with Gasteiger partial charge in [0.1, 0.15) is 29.5 Å². The first kappa shape index (κ1) is 35.4. The molecule has 0 aromatic heterocycles. The molecule has 3 aliphatic heterocycles. The summed E-state index contributed by atoms with van der Waals surface area (Å²) >= 11 is 0. The van der Waals surface area contributed by atoms with Crippen molar-refractivity contribution in [3.8, 4) is 0 Å². The van der Waals surface area contributed by atoms with Gasteiger partial charge in [0.2, 0.25) is 11.8 Å². The van der Waals surface area contributed by atoms with Crippen LogP contribution in [-0.2, 0) is 42.4 Å². The fourth-order valence-electron chi connectivity index (χ4n) is 7.40. The number of halogens is 1. The van der Waals surface area contributed by atoms with E-state index in [-0.39, 0.29) is 55.7 Å². The lowest BCUT2D eigenvalue weighted by Crippen LogP contribution is -2.55. The van der Waals surface area contributed by atoms with E-state index in [2.05, 4.69) is 49.6 Å². The van der Waals surface area contributed by atoms with E-state index in [0.29, 0.717) is 18.4 Å². The Balaban J connectivity index is 1.27. The van der Waals surface area contributed by atoms with Crippen LogP contribution in [0.3, 0.4) is 0 Å². The highest BCUT2D eigenvalue weighted by atomic mass is 19.1. The first-order valence-corrected chi connectivity index (χ1v) is 17.9. The van der Waals surface area contributed by atoms with Crippen LogP contribution in [0.2, 0.25) is 0 Å². The predicted octanol–water partition coefficient (Wildman–Crippen LogP) is 5.98. The smallest absolute Gasteiger partial charge is 0.410 e. The highest BCUT2D eigenvalue weighted by molar-refractivity contribution is 5.96. The van der Waals surface area contributed by atoms with Gasteiger partial charge in [-0.05, 0) is 67.3 Å². The molecular formula is C39H49FN4O6. The number of carbonyl (C=O) groups is 4. The average Bonchev–Trinajstić information content (AvgIpc) is 3.38. The number of nitrogens with one attached hydrogen (secondary N) is 2. The van der Waals surface area contributed by atoms with E-state index in [0.717, 1.165) is 42.5 Å². The first-order valence-electron chi connectivity index (χ1n) is 17.9. The van der Waals surface area contributed by atoms with E-state index < -0.39 is 41.7 Å². The molecule has 0 unspecified atom stereocenters. The molecule has 5 atom stereocenters. The van der Waals surface area contributed by atoms with E-state index in [1.807, 2.05) is 18.2 Å². The third kappa shape index (κ3) is 7.51. The average molecular weight is 689 g/mol. The standard InChI is InChI=1S/C39H49FN4O6/c1-5-49-36(47)39-21-27(39)14-9-7-6-8-10-18-32(41-28-16-12-15-26(19-28)38(2,3)4)35(46)44-23-29(20-33(44)34(45)42-39)50-37(48)43-22-25-13-11-17-31(40)30(25)24-43/h9,11-17,19,27,29,32-33,41H,5-8,10,18,20-24H2,1-4H3,(H,42,45)/t27-,29-,32+,33+,39-/m1/s1. The number of benzene rings is 2. The minimum absolute atomic E-state index is 0.00770. The summed E-state index contributed by atoms with van der Waals surface area (Å²) in [6.07, 6.45) is 7.11. The van der Waals surface area contributed by atoms with Crippen LogP contribution in [0.1, 0.15) is 89.3 Å². The number of esters is 1. The molecule has 0 radical (unpaired) electrons. The Kier molecular flexibility index (Phi) is 10.2. The van der Waals surface area contributed by atoms with Crippen molar-refractivity contribution in [3.05, 3.63) is 77.1 Å². The second kappa shape index (κ2) is 14.4. The van der Waals surface area contributed by atoms with Crippen molar-refractivity contribution < 1.29 is 33.0 Å². The Bertz CT molecular complexity index is 1660. The van der Waals surface area contributed by atoms with Gasteiger partial charge in [-0.1, -0.05) is 70.0 Å². The monoisotopic (exact) mass is 688 g/mol. The second-order valence-electron chi connectivity index (χ2n) is 15.1. The van der Waals surface area contributed by atoms with Crippen LogP contribution in [0.15, 0.2) is 54.6 Å². The Morgan fingerprint density at radius 3 is 2.64 bits per heavy atom. The topological polar surface area (TPSA) is 117 Å². The fraction of sp³-hybridized carbons (Fsp3) is 0.538. The minimum Gasteiger partial charge on any atom is -0.464 e. The third-order valence-electron chi connectivity index (χ3n) is 10.4. The molecule has 1 saturated heterocycles. The molecule has 4 aliphatic rings. The molecule has 2 N–H and O–H groups in total. The number of rotatable bonds is 5. The molecule has 2 aromatic rings. The molecule has 2 fully saturated rings. The molecular weight excluding hydrogens is 639 g/mol. The van der Waals surface area contributed by atoms with Gasteiger partial charge in [-0.15, -0.1) is 0 Å². The maximum Gasteiger partial charge on any atom is 0.410 e. The van der Waals surface area contributed by atoms with Gasteiger partial charge in [0.05, 0.1) is 19.7 Å². The molecule has 2 aromatic carbocycles. The van der Waals surface area contributed by atoms with Crippen LogP contribution < -0.4 is 10.6 Å². The number of ether oxygens (including phenoxy) is 2. The molecule has 11 heteroatoms. The second-order valence-corrected chi connectivity index (χ2v) is 15.1. The highest BCUT2D eigenvalue weighted by Gasteiger charge is 2.62.